The molecule has 1 aromatic carbocycles. The van der Waals surface area contributed by atoms with E-state index < -0.39 is 0 Å². The molecule has 0 aliphatic carbocycles. The molecule has 2 rings (SSSR count). The van der Waals surface area contributed by atoms with Gasteiger partial charge in [0.2, 0.25) is 0 Å². The highest BCUT2D eigenvalue weighted by molar-refractivity contribution is 5.78. The van der Waals surface area contributed by atoms with Crippen LogP contribution in [0.25, 0.3) is 10.9 Å². The molecule has 2 atom stereocenters. The lowest BCUT2D eigenvalue weighted by Crippen LogP contribution is -2.28. The zero-order valence-electron chi connectivity index (χ0n) is 11.0. The molecule has 1 heterocycles. The van der Waals surface area contributed by atoms with Crippen LogP contribution in [0, 0.1) is 0 Å². The Balaban J connectivity index is 2.29. The number of methoxy groups -OCH3 is 1. The van der Waals surface area contributed by atoms with Crippen molar-refractivity contribution in [3.63, 3.8) is 0 Å². The lowest BCUT2D eigenvalue weighted by atomic mass is 9.99. The predicted octanol–water partition coefficient (Wildman–Crippen LogP) is 3.05. The first-order valence-electron chi connectivity index (χ1n) is 6.39. The quantitative estimate of drug-likeness (QED) is 0.879. The minimum Gasteiger partial charge on any atom is -0.379 e. The molecule has 1 aromatic heterocycles. The van der Waals surface area contributed by atoms with Crippen LogP contribution in [0.5, 0.6) is 0 Å². The Bertz CT molecular complexity index is 513. The zero-order chi connectivity index (χ0) is 13.0. The fourth-order valence-corrected chi connectivity index (χ4v) is 2.21. The number of hydrogen-bond acceptors (Lipinski definition) is 3. The molecule has 3 heteroatoms. The summed E-state index contributed by atoms with van der Waals surface area (Å²) < 4.78 is 5.47. The van der Waals surface area contributed by atoms with Crippen molar-refractivity contribution >= 4 is 10.9 Å². The van der Waals surface area contributed by atoms with Gasteiger partial charge in [-0.25, -0.2) is 0 Å². The summed E-state index contributed by atoms with van der Waals surface area (Å²) in [5.74, 6) is 0. The normalized spacial score (nSPS) is 14.6. The Morgan fingerprint density at radius 2 is 2.11 bits per heavy atom. The number of aromatic nitrogens is 1. The minimum atomic E-state index is -0.118. The van der Waals surface area contributed by atoms with Gasteiger partial charge in [0.15, 0.2) is 0 Å². The number of nitrogens with two attached hydrogens (primary N) is 1. The summed E-state index contributed by atoms with van der Waals surface area (Å²) in [5, 5.41) is 1.12. The van der Waals surface area contributed by atoms with Crippen molar-refractivity contribution < 1.29 is 4.74 Å². The Kier molecular flexibility index (Phi) is 4.28. The number of nitrogens with zero attached hydrogens (tertiary/aromatic N) is 1. The van der Waals surface area contributed by atoms with Crippen LogP contribution in [0.3, 0.4) is 0 Å². The molecule has 0 fully saturated rings. The predicted molar refractivity (Wildman–Crippen MR) is 74.4 cm³/mol. The lowest BCUT2D eigenvalue weighted by molar-refractivity contribution is 0.0725. The van der Waals surface area contributed by atoms with Crippen molar-refractivity contribution in [2.75, 3.05) is 7.11 Å². The first-order chi connectivity index (χ1) is 8.76. The molecular weight excluding hydrogens is 224 g/mol. The third kappa shape index (κ3) is 2.68. The topological polar surface area (TPSA) is 48.1 Å². The SMILES string of the molecule is CCCC(OC)C(N)c1cnc2ccccc2c1. The second-order valence-electron chi connectivity index (χ2n) is 4.55. The van der Waals surface area contributed by atoms with Crippen LogP contribution in [0.1, 0.15) is 31.4 Å². The Morgan fingerprint density at radius 3 is 2.83 bits per heavy atom. The first kappa shape index (κ1) is 13.0. The van der Waals surface area contributed by atoms with Crippen LogP contribution in [-0.2, 0) is 4.74 Å². The number of benzene rings is 1. The van der Waals surface area contributed by atoms with Gasteiger partial charge in [-0.05, 0) is 24.1 Å². The maximum absolute atomic E-state index is 6.26. The Labute approximate surface area is 108 Å². The standard InChI is InChI=1S/C15H20N2O/c1-3-6-14(18-2)15(16)12-9-11-7-4-5-8-13(11)17-10-12/h4-5,7-10,14-15H,3,6,16H2,1-2H3. The zero-order valence-corrected chi connectivity index (χ0v) is 11.0. The number of hydrogen-bond donors (Lipinski definition) is 1. The molecule has 0 saturated carbocycles. The monoisotopic (exact) mass is 244 g/mol. The van der Waals surface area contributed by atoms with E-state index in [1.165, 1.54) is 0 Å². The molecule has 3 nitrogen and oxygen atoms in total. The van der Waals surface area contributed by atoms with Gasteiger partial charge < -0.3 is 10.5 Å². The summed E-state index contributed by atoms with van der Waals surface area (Å²) in [7, 11) is 1.72. The van der Waals surface area contributed by atoms with E-state index in [-0.39, 0.29) is 12.1 Å². The molecule has 0 bridgehead atoms. The van der Waals surface area contributed by atoms with Crippen molar-refractivity contribution in [3.8, 4) is 0 Å². The molecule has 0 spiro atoms. The summed E-state index contributed by atoms with van der Waals surface area (Å²) in [6, 6.07) is 10.1. The van der Waals surface area contributed by atoms with E-state index in [4.69, 9.17) is 10.5 Å². The smallest absolute Gasteiger partial charge is 0.0764 e. The lowest BCUT2D eigenvalue weighted by Gasteiger charge is -2.22. The van der Waals surface area contributed by atoms with Crippen LogP contribution in [0.2, 0.25) is 0 Å². The summed E-state index contributed by atoms with van der Waals surface area (Å²) in [4.78, 5) is 4.44. The van der Waals surface area contributed by atoms with Crippen LogP contribution < -0.4 is 5.73 Å². The molecule has 0 radical (unpaired) electrons. The maximum Gasteiger partial charge on any atom is 0.0764 e. The summed E-state index contributed by atoms with van der Waals surface area (Å²) >= 11 is 0. The fourth-order valence-electron chi connectivity index (χ4n) is 2.21. The second kappa shape index (κ2) is 5.94. The van der Waals surface area contributed by atoms with Crippen LogP contribution in [-0.4, -0.2) is 18.2 Å². The fraction of sp³-hybridized carbons (Fsp3) is 0.400. The molecule has 0 saturated heterocycles. The van der Waals surface area contributed by atoms with Gasteiger partial charge in [0.1, 0.15) is 0 Å². The Morgan fingerprint density at radius 1 is 1.33 bits per heavy atom. The van der Waals surface area contributed by atoms with E-state index in [9.17, 15) is 0 Å². The van der Waals surface area contributed by atoms with Gasteiger partial charge in [0, 0.05) is 18.7 Å². The third-order valence-corrected chi connectivity index (χ3v) is 3.27. The van der Waals surface area contributed by atoms with Crippen molar-refractivity contribution in [1.82, 2.24) is 4.98 Å². The molecule has 2 unspecified atom stereocenters. The molecule has 0 aliphatic rings. The average Bonchev–Trinajstić information content (AvgIpc) is 2.43. The van der Waals surface area contributed by atoms with Crippen LogP contribution in [0.4, 0.5) is 0 Å². The maximum atomic E-state index is 6.26. The molecular formula is C15H20N2O. The molecule has 96 valence electrons. The molecule has 0 aliphatic heterocycles. The average molecular weight is 244 g/mol. The van der Waals surface area contributed by atoms with E-state index in [0.29, 0.717) is 0 Å². The molecule has 2 aromatic rings. The number of fused-ring (bicyclic) bond motifs is 1. The summed E-state index contributed by atoms with van der Waals surface area (Å²) in [6.45, 7) is 2.14. The largest absolute Gasteiger partial charge is 0.379 e. The number of rotatable bonds is 5. The Hall–Kier alpha value is -1.45. The molecule has 0 amide bonds. The van der Waals surface area contributed by atoms with Crippen molar-refractivity contribution in [2.24, 2.45) is 5.73 Å². The first-order valence-corrected chi connectivity index (χ1v) is 6.39. The van der Waals surface area contributed by atoms with Gasteiger partial charge in [-0.15, -0.1) is 0 Å². The van der Waals surface area contributed by atoms with E-state index in [1.54, 1.807) is 7.11 Å². The highest BCUT2D eigenvalue weighted by Crippen LogP contribution is 2.22. The van der Waals surface area contributed by atoms with E-state index >= 15 is 0 Å². The van der Waals surface area contributed by atoms with E-state index in [1.807, 2.05) is 24.4 Å². The number of pyridine rings is 1. The van der Waals surface area contributed by atoms with E-state index in [0.717, 1.165) is 29.3 Å². The number of ether oxygens (including phenoxy) is 1. The third-order valence-electron chi connectivity index (χ3n) is 3.27. The van der Waals surface area contributed by atoms with Gasteiger partial charge in [0.05, 0.1) is 17.7 Å². The van der Waals surface area contributed by atoms with E-state index in [2.05, 4.69) is 24.0 Å². The van der Waals surface area contributed by atoms with Gasteiger partial charge in [-0.3, -0.25) is 4.98 Å². The van der Waals surface area contributed by atoms with Gasteiger partial charge >= 0.3 is 0 Å². The van der Waals surface area contributed by atoms with Gasteiger partial charge in [-0.1, -0.05) is 31.5 Å². The number of para-hydroxylation sites is 1. The van der Waals surface area contributed by atoms with Crippen LogP contribution in [0.15, 0.2) is 36.5 Å². The van der Waals surface area contributed by atoms with Crippen molar-refractivity contribution in [3.05, 3.63) is 42.1 Å². The molecule has 2 N–H and O–H groups in total. The summed E-state index contributed by atoms with van der Waals surface area (Å²) in [6.07, 6.45) is 3.94. The van der Waals surface area contributed by atoms with Crippen LogP contribution >= 0.6 is 0 Å². The summed E-state index contributed by atoms with van der Waals surface area (Å²) in [5.41, 5.74) is 8.30. The highest BCUT2D eigenvalue weighted by atomic mass is 16.5. The van der Waals surface area contributed by atoms with Gasteiger partial charge in [0.25, 0.3) is 0 Å². The second-order valence-corrected chi connectivity index (χ2v) is 4.55. The minimum absolute atomic E-state index is 0.0537. The highest BCUT2D eigenvalue weighted by Gasteiger charge is 2.18. The molecule has 18 heavy (non-hydrogen) atoms. The van der Waals surface area contributed by atoms with Crippen molar-refractivity contribution in [2.45, 2.75) is 31.9 Å². The van der Waals surface area contributed by atoms with Gasteiger partial charge in [-0.2, -0.15) is 0 Å². The van der Waals surface area contributed by atoms with Crippen molar-refractivity contribution in [1.29, 1.82) is 0 Å².